The molecule has 2 rings (SSSR count). The molecule has 0 spiro atoms. The predicted molar refractivity (Wildman–Crippen MR) is 69.5 cm³/mol. The second-order valence-electron chi connectivity index (χ2n) is 4.29. The van der Waals surface area contributed by atoms with Gasteiger partial charge in [-0.15, -0.1) is 0 Å². The third-order valence-electron chi connectivity index (χ3n) is 3.12. The summed E-state index contributed by atoms with van der Waals surface area (Å²) in [5, 5.41) is 4.55. The lowest BCUT2D eigenvalue weighted by Gasteiger charge is -2.35. The molecule has 1 aromatic rings. The summed E-state index contributed by atoms with van der Waals surface area (Å²) in [6, 6.07) is 6.56. The Balaban J connectivity index is 1.86. The van der Waals surface area contributed by atoms with Crippen molar-refractivity contribution in [3.8, 4) is 0 Å². The van der Waals surface area contributed by atoms with Crippen LogP contribution in [0.4, 0.5) is 0 Å². The maximum Gasteiger partial charge on any atom is 0.0595 e. The summed E-state index contributed by atoms with van der Waals surface area (Å²) in [5.41, 5.74) is 1.24. The van der Waals surface area contributed by atoms with E-state index in [1.54, 1.807) is 0 Å². The van der Waals surface area contributed by atoms with Gasteiger partial charge in [0.1, 0.15) is 0 Å². The molecule has 0 unspecified atom stereocenters. The summed E-state index contributed by atoms with van der Waals surface area (Å²) in [4.78, 5) is 2.39. The maximum absolute atomic E-state index is 5.97. The van der Waals surface area contributed by atoms with Gasteiger partial charge in [0.05, 0.1) is 10.0 Å². The number of rotatable bonds is 4. The first-order valence-electron chi connectivity index (χ1n) is 5.51. The first kappa shape index (κ1) is 12.2. The van der Waals surface area contributed by atoms with E-state index >= 15 is 0 Å². The number of benzene rings is 1. The van der Waals surface area contributed by atoms with Gasteiger partial charge in [0, 0.05) is 25.7 Å². The SMILES string of the molecule is CN(CCc1ccc(Cl)c(Cl)c1)C1CNC1. The monoisotopic (exact) mass is 258 g/mol. The number of halogens is 2. The van der Waals surface area contributed by atoms with Crippen LogP contribution in [0, 0.1) is 0 Å². The van der Waals surface area contributed by atoms with Crippen molar-refractivity contribution in [2.75, 3.05) is 26.7 Å². The highest BCUT2D eigenvalue weighted by molar-refractivity contribution is 6.42. The van der Waals surface area contributed by atoms with Crippen LogP contribution in [0.5, 0.6) is 0 Å². The molecule has 1 aliphatic rings. The van der Waals surface area contributed by atoms with Crippen LogP contribution in [-0.2, 0) is 6.42 Å². The molecular formula is C12H16Cl2N2. The molecule has 0 saturated carbocycles. The van der Waals surface area contributed by atoms with E-state index in [2.05, 4.69) is 17.3 Å². The molecule has 16 heavy (non-hydrogen) atoms. The molecular weight excluding hydrogens is 243 g/mol. The molecule has 0 radical (unpaired) electrons. The minimum Gasteiger partial charge on any atom is -0.314 e. The molecule has 2 nitrogen and oxygen atoms in total. The molecule has 88 valence electrons. The zero-order valence-electron chi connectivity index (χ0n) is 9.34. The van der Waals surface area contributed by atoms with Crippen molar-refractivity contribution in [2.24, 2.45) is 0 Å². The first-order chi connectivity index (χ1) is 7.66. The molecule has 1 N–H and O–H groups in total. The van der Waals surface area contributed by atoms with Gasteiger partial charge in [0.15, 0.2) is 0 Å². The maximum atomic E-state index is 5.97. The zero-order chi connectivity index (χ0) is 11.5. The lowest BCUT2D eigenvalue weighted by atomic mass is 10.1. The van der Waals surface area contributed by atoms with Crippen LogP contribution >= 0.6 is 23.2 Å². The van der Waals surface area contributed by atoms with Gasteiger partial charge in [-0.2, -0.15) is 0 Å². The molecule has 0 bridgehead atoms. The second kappa shape index (κ2) is 5.37. The molecule has 1 heterocycles. The summed E-state index contributed by atoms with van der Waals surface area (Å²) in [6.45, 7) is 3.28. The van der Waals surface area contributed by atoms with Gasteiger partial charge in [0.25, 0.3) is 0 Å². The summed E-state index contributed by atoms with van der Waals surface area (Å²) in [7, 11) is 2.17. The van der Waals surface area contributed by atoms with E-state index in [-0.39, 0.29) is 0 Å². The first-order valence-corrected chi connectivity index (χ1v) is 6.27. The van der Waals surface area contributed by atoms with E-state index in [4.69, 9.17) is 23.2 Å². The Labute approximate surface area is 107 Å². The van der Waals surface area contributed by atoms with Crippen molar-refractivity contribution in [3.05, 3.63) is 33.8 Å². The number of nitrogens with zero attached hydrogens (tertiary/aromatic N) is 1. The van der Waals surface area contributed by atoms with Crippen LogP contribution in [0.15, 0.2) is 18.2 Å². The normalized spacial score (nSPS) is 16.5. The molecule has 0 aromatic heterocycles. The minimum atomic E-state index is 0.627. The summed E-state index contributed by atoms with van der Waals surface area (Å²) in [5.74, 6) is 0. The van der Waals surface area contributed by atoms with Crippen molar-refractivity contribution in [3.63, 3.8) is 0 Å². The van der Waals surface area contributed by atoms with Crippen molar-refractivity contribution in [2.45, 2.75) is 12.5 Å². The highest BCUT2D eigenvalue weighted by Crippen LogP contribution is 2.22. The molecule has 1 aromatic carbocycles. The standard InChI is InChI=1S/C12H16Cl2N2/c1-16(10-7-15-8-10)5-4-9-2-3-11(13)12(14)6-9/h2-3,6,10,15H,4-5,7-8H2,1H3. The molecule has 0 aliphatic carbocycles. The van der Waals surface area contributed by atoms with E-state index in [0.717, 1.165) is 26.1 Å². The van der Waals surface area contributed by atoms with Gasteiger partial charge in [-0.1, -0.05) is 29.3 Å². The minimum absolute atomic E-state index is 0.627. The van der Waals surface area contributed by atoms with Crippen molar-refractivity contribution in [1.82, 2.24) is 10.2 Å². The Bertz CT molecular complexity index is 364. The van der Waals surface area contributed by atoms with Gasteiger partial charge in [-0.05, 0) is 31.2 Å². The topological polar surface area (TPSA) is 15.3 Å². The largest absolute Gasteiger partial charge is 0.314 e. The fourth-order valence-corrected chi connectivity index (χ4v) is 2.09. The van der Waals surface area contributed by atoms with Gasteiger partial charge in [-0.25, -0.2) is 0 Å². The third-order valence-corrected chi connectivity index (χ3v) is 3.86. The van der Waals surface area contributed by atoms with Crippen LogP contribution in [0.1, 0.15) is 5.56 Å². The number of hydrogen-bond acceptors (Lipinski definition) is 2. The van der Waals surface area contributed by atoms with Gasteiger partial charge in [0.2, 0.25) is 0 Å². The molecule has 1 saturated heterocycles. The summed E-state index contributed by atoms with van der Waals surface area (Å²) in [6.07, 6.45) is 1.02. The Kier molecular flexibility index (Phi) is 4.09. The van der Waals surface area contributed by atoms with Gasteiger partial charge in [-0.3, -0.25) is 0 Å². The average molecular weight is 259 g/mol. The molecule has 1 fully saturated rings. The van der Waals surface area contributed by atoms with Crippen molar-refractivity contribution in [1.29, 1.82) is 0 Å². The average Bonchev–Trinajstić information content (AvgIpc) is 2.17. The second-order valence-corrected chi connectivity index (χ2v) is 5.11. The molecule has 4 heteroatoms. The van der Waals surface area contributed by atoms with Crippen LogP contribution in [0.3, 0.4) is 0 Å². The Hall–Kier alpha value is -0.280. The van der Waals surface area contributed by atoms with Crippen molar-refractivity contribution < 1.29 is 0 Å². The number of hydrogen-bond donors (Lipinski definition) is 1. The van der Waals surface area contributed by atoms with Crippen LogP contribution in [0.2, 0.25) is 10.0 Å². The Morgan fingerprint density at radius 1 is 1.31 bits per heavy atom. The van der Waals surface area contributed by atoms with E-state index < -0.39 is 0 Å². The highest BCUT2D eigenvalue weighted by Gasteiger charge is 2.20. The van der Waals surface area contributed by atoms with E-state index in [0.29, 0.717) is 16.1 Å². The van der Waals surface area contributed by atoms with E-state index in [1.165, 1.54) is 5.56 Å². The highest BCUT2D eigenvalue weighted by atomic mass is 35.5. The Morgan fingerprint density at radius 3 is 2.62 bits per heavy atom. The molecule has 0 atom stereocenters. The number of nitrogens with one attached hydrogen (secondary N) is 1. The fraction of sp³-hybridized carbons (Fsp3) is 0.500. The van der Waals surface area contributed by atoms with E-state index in [1.807, 2.05) is 18.2 Å². The van der Waals surface area contributed by atoms with Crippen molar-refractivity contribution >= 4 is 23.2 Å². The molecule has 1 aliphatic heterocycles. The van der Waals surface area contributed by atoms with Gasteiger partial charge < -0.3 is 10.2 Å². The Morgan fingerprint density at radius 2 is 2.06 bits per heavy atom. The third kappa shape index (κ3) is 2.89. The van der Waals surface area contributed by atoms with Crippen LogP contribution < -0.4 is 5.32 Å². The predicted octanol–water partition coefficient (Wildman–Crippen LogP) is 2.44. The van der Waals surface area contributed by atoms with Crippen LogP contribution in [-0.4, -0.2) is 37.6 Å². The van der Waals surface area contributed by atoms with E-state index in [9.17, 15) is 0 Å². The van der Waals surface area contributed by atoms with Crippen LogP contribution in [0.25, 0.3) is 0 Å². The summed E-state index contributed by atoms with van der Waals surface area (Å²) >= 11 is 11.8. The lowest BCUT2D eigenvalue weighted by Crippen LogP contribution is -2.56. The molecule has 0 amide bonds. The fourth-order valence-electron chi connectivity index (χ4n) is 1.77. The number of likely N-dealkylation sites (N-methyl/N-ethyl adjacent to an activating group) is 1. The quantitative estimate of drug-likeness (QED) is 0.893. The summed E-state index contributed by atoms with van der Waals surface area (Å²) < 4.78 is 0. The van der Waals surface area contributed by atoms with Gasteiger partial charge >= 0.3 is 0 Å². The zero-order valence-corrected chi connectivity index (χ0v) is 10.9. The smallest absolute Gasteiger partial charge is 0.0595 e. The lowest BCUT2D eigenvalue weighted by molar-refractivity contribution is 0.182.